The van der Waals surface area contributed by atoms with Crippen LogP contribution in [0.25, 0.3) is 0 Å². The van der Waals surface area contributed by atoms with E-state index in [4.69, 9.17) is 4.74 Å². The Hall–Kier alpha value is -1.30. The first-order chi connectivity index (χ1) is 9.92. The molecule has 1 fully saturated rings. The van der Waals surface area contributed by atoms with Crippen molar-refractivity contribution < 1.29 is 19.4 Å². The summed E-state index contributed by atoms with van der Waals surface area (Å²) in [6.07, 6.45) is 3.97. The van der Waals surface area contributed by atoms with Crippen molar-refractivity contribution in [1.82, 2.24) is 10.2 Å². The zero-order chi connectivity index (χ0) is 15.9. The fraction of sp³-hybridized carbons (Fsp3) is 0.867. The number of hydrogen-bond donors (Lipinski definition) is 2. The number of amides is 2. The smallest absolute Gasteiger partial charge is 0.329 e. The van der Waals surface area contributed by atoms with Gasteiger partial charge < -0.3 is 20.1 Å². The lowest BCUT2D eigenvalue weighted by Gasteiger charge is -2.35. The molecule has 0 spiro atoms. The highest BCUT2D eigenvalue weighted by atomic mass is 16.5. The molecule has 1 saturated heterocycles. The van der Waals surface area contributed by atoms with Crippen LogP contribution in [0.4, 0.5) is 4.79 Å². The van der Waals surface area contributed by atoms with Crippen molar-refractivity contribution >= 4 is 12.0 Å². The SMILES string of the molecule is CCCOC1CCCN(C(=O)NC(C)(CCC)C(=O)O)C1. The molecule has 6 nitrogen and oxygen atoms in total. The summed E-state index contributed by atoms with van der Waals surface area (Å²) in [6, 6.07) is -0.307. The van der Waals surface area contributed by atoms with E-state index in [0.717, 1.165) is 19.3 Å². The van der Waals surface area contributed by atoms with Crippen molar-refractivity contribution in [2.45, 2.75) is 64.5 Å². The summed E-state index contributed by atoms with van der Waals surface area (Å²) in [5.41, 5.74) is -1.21. The zero-order valence-corrected chi connectivity index (χ0v) is 13.4. The van der Waals surface area contributed by atoms with Crippen molar-refractivity contribution in [3.8, 4) is 0 Å². The van der Waals surface area contributed by atoms with E-state index in [9.17, 15) is 14.7 Å². The molecule has 0 aliphatic carbocycles. The average molecular weight is 300 g/mol. The van der Waals surface area contributed by atoms with E-state index in [0.29, 0.717) is 32.5 Å². The fourth-order valence-corrected chi connectivity index (χ4v) is 2.58. The van der Waals surface area contributed by atoms with Crippen LogP contribution in [0.1, 0.15) is 52.9 Å². The van der Waals surface area contributed by atoms with Crippen LogP contribution in [0.2, 0.25) is 0 Å². The summed E-state index contributed by atoms with van der Waals surface area (Å²) in [7, 11) is 0. The van der Waals surface area contributed by atoms with E-state index in [1.807, 2.05) is 6.92 Å². The molecule has 2 unspecified atom stereocenters. The molecular weight excluding hydrogens is 272 g/mol. The van der Waals surface area contributed by atoms with E-state index in [-0.39, 0.29) is 12.1 Å². The average Bonchev–Trinajstić information content (AvgIpc) is 2.45. The largest absolute Gasteiger partial charge is 0.480 e. The maximum absolute atomic E-state index is 12.3. The summed E-state index contributed by atoms with van der Waals surface area (Å²) in [5.74, 6) is -0.992. The number of aliphatic carboxylic acids is 1. The summed E-state index contributed by atoms with van der Waals surface area (Å²) in [6.45, 7) is 7.40. The normalized spacial score (nSPS) is 21.7. The first-order valence-electron chi connectivity index (χ1n) is 7.85. The molecule has 2 atom stereocenters. The minimum Gasteiger partial charge on any atom is -0.480 e. The molecule has 1 rings (SSSR count). The van der Waals surface area contributed by atoms with Crippen molar-refractivity contribution in [3.63, 3.8) is 0 Å². The Kier molecular flexibility index (Phi) is 6.95. The number of nitrogens with zero attached hydrogens (tertiary/aromatic N) is 1. The minimum absolute atomic E-state index is 0.0618. The quantitative estimate of drug-likeness (QED) is 0.755. The van der Waals surface area contributed by atoms with Crippen LogP contribution >= 0.6 is 0 Å². The summed E-state index contributed by atoms with van der Waals surface area (Å²) < 4.78 is 5.70. The molecule has 0 aromatic rings. The Morgan fingerprint density at radius 1 is 1.38 bits per heavy atom. The molecule has 1 aliphatic rings. The highest BCUT2D eigenvalue weighted by Crippen LogP contribution is 2.17. The molecule has 0 aromatic carbocycles. The zero-order valence-electron chi connectivity index (χ0n) is 13.4. The van der Waals surface area contributed by atoms with Crippen molar-refractivity contribution in [2.75, 3.05) is 19.7 Å². The number of rotatable bonds is 7. The number of carbonyl (C=O) groups is 2. The predicted molar refractivity (Wildman–Crippen MR) is 80.3 cm³/mol. The standard InChI is InChI=1S/C15H28N2O4/c1-4-8-15(3,13(18)19)16-14(20)17-9-6-7-12(11-17)21-10-5-2/h12H,4-11H2,1-3H3,(H,16,20)(H,18,19). The molecule has 122 valence electrons. The van der Waals surface area contributed by atoms with Gasteiger partial charge in [0, 0.05) is 19.7 Å². The molecule has 1 aliphatic heterocycles. The molecule has 1 heterocycles. The third kappa shape index (κ3) is 5.19. The number of piperidine rings is 1. The van der Waals surface area contributed by atoms with E-state index < -0.39 is 11.5 Å². The van der Waals surface area contributed by atoms with Gasteiger partial charge in [0.2, 0.25) is 0 Å². The lowest BCUT2D eigenvalue weighted by atomic mass is 9.96. The summed E-state index contributed by atoms with van der Waals surface area (Å²) in [5, 5.41) is 12.0. The van der Waals surface area contributed by atoms with Gasteiger partial charge in [0.15, 0.2) is 0 Å². The number of hydrogen-bond acceptors (Lipinski definition) is 3. The van der Waals surface area contributed by atoms with Gasteiger partial charge in [-0.3, -0.25) is 0 Å². The molecule has 6 heteroatoms. The van der Waals surface area contributed by atoms with Crippen molar-refractivity contribution in [2.24, 2.45) is 0 Å². The Morgan fingerprint density at radius 2 is 2.10 bits per heavy atom. The Morgan fingerprint density at radius 3 is 2.67 bits per heavy atom. The highest BCUT2D eigenvalue weighted by molar-refractivity contribution is 5.85. The van der Waals surface area contributed by atoms with Gasteiger partial charge in [-0.2, -0.15) is 0 Å². The lowest BCUT2D eigenvalue weighted by Crippen LogP contribution is -2.58. The summed E-state index contributed by atoms with van der Waals surface area (Å²) >= 11 is 0. The van der Waals surface area contributed by atoms with Crippen LogP contribution in [0.3, 0.4) is 0 Å². The maximum Gasteiger partial charge on any atom is 0.329 e. The van der Waals surface area contributed by atoms with Gasteiger partial charge in [-0.1, -0.05) is 20.3 Å². The van der Waals surface area contributed by atoms with Gasteiger partial charge in [-0.05, 0) is 32.6 Å². The molecule has 0 saturated carbocycles. The lowest BCUT2D eigenvalue weighted by molar-refractivity contribution is -0.144. The third-order valence-corrected chi connectivity index (χ3v) is 3.83. The second-order valence-electron chi connectivity index (χ2n) is 5.90. The Labute approximate surface area is 126 Å². The molecule has 0 aromatic heterocycles. The van der Waals surface area contributed by atoms with Crippen LogP contribution < -0.4 is 5.32 Å². The first-order valence-corrected chi connectivity index (χ1v) is 7.85. The number of likely N-dealkylation sites (tertiary alicyclic amines) is 1. The molecule has 2 N–H and O–H groups in total. The molecular formula is C15H28N2O4. The highest BCUT2D eigenvalue weighted by Gasteiger charge is 2.36. The predicted octanol–water partition coefficient (Wildman–Crippen LogP) is 2.23. The number of ether oxygens (including phenoxy) is 1. The van der Waals surface area contributed by atoms with Crippen LogP contribution in [-0.2, 0) is 9.53 Å². The van der Waals surface area contributed by atoms with Gasteiger partial charge in [0.25, 0.3) is 0 Å². The van der Waals surface area contributed by atoms with Crippen molar-refractivity contribution in [1.29, 1.82) is 0 Å². The second kappa shape index (κ2) is 8.22. The van der Waals surface area contributed by atoms with E-state index >= 15 is 0 Å². The minimum atomic E-state index is -1.21. The van der Waals surface area contributed by atoms with E-state index in [1.54, 1.807) is 11.8 Å². The molecule has 0 bridgehead atoms. The molecule has 0 radical (unpaired) electrons. The van der Waals surface area contributed by atoms with Gasteiger partial charge in [0.05, 0.1) is 6.10 Å². The topological polar surface area (TPSA) is 78.9 Å². The maximum atomic E-state index is 12.3. The Balaban J connectivity index is 2.59. The number of nitrogens with one attached hydrogen (secondary N) is 1. The summed E-state index contributed by atoms with van der Waals surface area (Å²) in [4.78, 5) is 25.4. The number of carboxylic acid groups (broad SMARTS) is 1. The van der Waals surface area contributed by atoms with Crippen LogP contribution in [0.5, 0.6) is 0 Å². The number of carboxylic acids is 1. The number of carbonyl (C=O) groups excluding carboxylic acids is 1. The first kappa shape index (κ1) is 17.8. The molecule has 2 amide bonds. The van der Waals surface area contributed by atoms with Crippen LogP contribution in [0.15, 0.2) is 0 Å². The molecule has 21 heavy (non-hydrogen) atoms. The van der Waals surface area contributed by atoms with Crippen LogP contribution in [-0.4, -0.2) is 53.3 Å². The van der Waals surface area contributed by atoms with Crippen molar-refractivity contribution in [3.05, 3.63) is 0 Å². The van der Waals surface area contributed by atoms with Gasteiger partial charge in [-0.25, -0.2) is 9.59 Å². The van der Waals surface area contributed by atoms with Crippen LogP contribution in [0, 0.1) is 0 Å². The monoisotopic (exact) mass is 300 g/mol. The fourth-order valence-electron chi connectivity index (χ4n) is 2.58. The van der Waals surface area contributed by atoms with E-state index in [1.165, 1.54) is 0 Å². The Bertz CT molecular complexity index is 362. The third-order valence-electron chi connectivity index (χ3n) is 3.83. The van der Waals surface area contributed by atoms with E-state index in [2.05, 4.69) is 12.2 Å². The van der Waals surface area contributed by atoms with Gasteiger partial charge in [0.1, 0.15) is 5.54 Å². The van der Waals surface area contributed by atoms with Gasteiger partial charge >= 0.3 is 12.0 Å². The number of urea groups is 1. The second-order valence-corrected chi connectivity index (χ2v) is 5.90. The van der Waals surface area contributed by atoms with Gasteiger partial charge in [-0.15, -0.1) is 0 Å².